The van der Waals surface area contributed by atoms with Crippen LogP contribution < -0.4 is 10.1 Å². The first-order chi connectivity index (χ1) is 9.85. The summed E-state index contributed by atoms with van der Waals surface area (Å²) in [5, 5.41) is 3.31. The molecule has 0 unspecified atom stereocenters. The van der Waals surface area contributed by atoms with E-state index in [1.54, 1.807) is 12.3 Å². The zero-order valence-electron chi connectivity index (χ0n) is 12.3. The Bertz CT molecular complexity index is 624. The van der Waals surface area contributed by atoms with E-state index in [-0.39, 0.29) is 11.3 Å². The van der Waals surface area contributed by atoms with E-state index in [9.17, 15) is 8.78 Å². The second-order valence-electron chi connectivity index (χ2n) is 5.75. The number of ether oxygens (including phenoxy) is 1. The Morgan fingerprint density at radius 1 is 1.19 bits per heavy atom. The van der Waals surface area contributed by atoms with E-state index in [0.717, 1.165) is 17.7 Å². The maximum atomic E-state index is 13.6. The van der Waals surface area contributed by atoms with Crippen LogP contribution in [-0.2, 0) is 6.54 Å². The van der Waals surface area contributed by atoms with Crippen LogP contribution in [0.5, 0.6) is 11.6 Å². The molecule has 0 aliphatic rings. The lowest BCUT2D eigenvalue weighted by atomic mass is 10.1. The molecule has 0 fully saturated rings. The normalized spacial score (nSPS) is 11.5. The average Bonchev–Trinajstić information content (AvgIpc) is 2.40. The van der Waals surface area contributed by atoms with Crippen molar-refractivity contribution in [1.29, 1.82) is 0 Å². The van der Waals surface area contributed by atoms with Gasteiger partial charge in [-0.05, 0) is 39.0 Å². The lowest BCUT2D eigenvalue weighted by Crippen LogP contribution is -2.35. The molecule has 0 saturated heterocycles. The van der Waals surface area contributed by atoms with E-state index in [4.69, 9.17) is 4.74 Å². The van der Waals surface area contributed by atoms with Crippen LogP contribution in [0, 0.1) is 11.6 Å². The number of nitrogens with one attached hydrogen (secondary N) is 1. The summed E-state index contributed by atoms with van der Waals surface area (Å²) in [5.41, 5.74) is 0.741. The third-order valence-electron chi connectivity index (χ3n) is 2.76. The van der Waals surface area contributed by atoms with Gasteiger partial charge in [-0.2, -0.15) is 0 Å². The van der Waals surface area contributed by atoms with Crippen molar-refractivity contribution in [3.05, 3.63) is 53.7 Å². The first-order valence-electron chi connectivity index (χ1n) is 6.67. The number of halogens is 2. The predicted molar refractivity (Wildman–Crippen MR) is 77.3 cm³/mol. The molecule has 0 radical (unpaired) electrons. The molecule has 0 atom stereocenters. The zero-order valence-corrected chi connectivity index (χ0v) is 12.3. The number of nitrogens with zero attached hydrogens (tertiary/aromatic N) is 1. The van der Waals surface area contributed by atoms with Crippen LogP contribution in [0.1, 0.15) is 26.3 Å². The number of benzene rings is 1. The van der Waals surface area contributed by atoms with Crippen LogP contribution >= 0.6 is 0 Å². The number of rotatable bonds is 4. The first kappa shape index (κ1) is 15.4. The lowest BCUT2D eigenvalue weighted by Gasteiger charge is -2.21. The molecule has 5 heteroatoms. The summed E-state index contributed by atoms with van der Waals surface area (Å²) in [5.74, 6) is -1.14. The third-order valence-corrected chi connectivity index (χ3v) is 2.76. The van der Waals surface area contributed by atoms with Gasteiger partial charge >= 0.3 is 0 Å². The average molecular weight is 292 g/mol. The number of aromatic nitrogens is 1. The van der Waals surface area contributed by atoms with Crippen molar-refractivity contribution in [2.24, 2.45) is 0 Å². The van der Waals surface area contributed by atoms with Gasteiger partial charge in [-0.3, -0.25) is 0 Å². The number of pyridine rings is 1. The van der Waals surface area contributed by atoms with Gasteiger partial charge in [0, 0.05) is 29.9 Å². The molecule has 1 heterocycles. The molecule has 0 bridgehead atoms. The highest BCUT2D eigenvalue weighted by molar-refractivity contribution is 5.33. The largest absolute Gasteiger partial charge is 0.436 e. The predicted octanol–water partition coefficient (Wildman–Crippen LogP) is 4.04. The lowest BCUT2D eigenvalue weighted by molar-refractivity contribution is 0.398. The second kappa shape index (κ2) is 6.18. The Morgan fingerprint density at radius 2 is 1.95 bits per heavy atom. The van der Waals surface area contributed by atoms with E-state index in [0.29, 0.717) is 12.4 Å². The fraction of sp³-hybridized carbons (Fsp3) is 0.312. The summed E-state index contributed by atoms with van der Waals surface area (Å²) in [6, 6.07) is 6.82. The molecule has 1 N–H and O–H groups in total. The fourth-order valence-electron chi connectivity index (χ4n) is 1.67. The fourth-order valence-corrected chi connectivity index (χ4v) is 1.67. The number of hydrogen-bond donors (Lipinski definition) is 1. The highest BCUT2D eigenvalue weighted by atomic mass is 19.1. The molecule has 0 amide bonds. The van der Waals surface area contributed by atoms with Gasteiger partial charge in [0.05, 0.1) is 0 Å². The molecule has 0 aliphatic carbocycles. The van der Waals surface area contributed by atoms with E-state index >= 15 is 0 Å². The van der Waals surface area contributed by atoms with Gasteiger partial charge < -0.3 is 10.1 Å². The summed E-state index contributed by atoms with van der Waals surface area (Å²) in [6.07, 6.45) is 1.57. The molecule has 21 heavy (non-hydrogen) atoms. The van der Waals surface area contributed by atoms with Crippen LogP contribution in [0.25, 0.3) is 0 Å². The van der Waals surface area contributed by atoms with Crippen LogP contribution in [0.15, 0.2) is 36.5 Å². The highest BCUT2D eigenvalue weighted by Crippen LogP contribution is 2.26. The Morgan fingerprint density at radius 3 is 2.62 bits per heavy atom. The third kappa shape index (κ3) is 4.49. The van der Waals surface area contributed by atoms with Gasteiger partial charge in [-0.1, -0.05) is 6.07 Å². The van der Waals surface area contributed by atoms with Crippen LogP contribution in [-0.4, -0.2) is 10.5 Å². The molecule has 1 aromatic carbocycles. The maximum absolute atomic E-state index is 13.6. The molecule has 1 aromatic heterocycles. The standard InChI is InChI=1S/C16H18F2N2O/c1-16(2,3)20-10-11-5-4-8-19-15(11)21-14-7-6-12(17)9-13(14)18/h4-9,20H,10H2,1-3H3. The van der Waals surface area contributed by atoms with Gasteiger partial charge in [0.25, 0.3) is 0 Å². The summed E-state index contributed by atoms with van der Waals surface area (Å²) >= 11 is 0. The summed E-state index contributed by atoms with van der Waals surface area (Å²) in [6.45, 7) is 6.67. The van der Waals surface area contributed by atoms with Gasteiger partial charge in [-0.15, -0.1) is 0 Å². The van der Waals surface area contributed by atoms with Crippen LogP contribution in [0.3, 0.4) is 0 Å². The van der Waals surface area contributed by atoms with E-state index < -0.39 is 11.6 Å². The van der Waals surface area contributed by atoms with Gasteiger partial charge in [0.2, 0.25) is 5.88 Å². The number of hydrogen-bond acceptors (Lipinski definition) is 3. The summed E-state index contributed by atoms with van der Waals surface area (Å²) < 4.78 is 32.0. The SMILES string of the molecule is CC(C)(C)NCc1cccnc1Oc1ccc(F)cc1F. The monoisotopic (exact) mass is 292 g/mol. The first-order valence-corrected chi connectivity index (χ1v) is 6.67. The Kier molecular flexibility index (Phi) is 4.53. The molecular formula is C16H18F2N2O. The molecule has 2 aromatic rings. The van der Waals surface area contributed by atoms with Crippen LogP contribution in [0.2, 0.25) is 0 Å². The van der Waals surface area contributed by atoms with Crippen molar-refractivity contribution in [2.45, 2.75) is 32.9 Å². The molecule has 0 saturated carbocycles. The molecule has 0 aliphatic heterocycles. The van der Waals surface area contributed by atoms with Crippen LogP contribution in [0.4, 0.5) is 8.78 Å². The topological polar surface area (TPSA) is 34.2 Å². The van der Waals surface area contributed by atoms with Gasteiger partial charge in [-0.25, -0.2) is 13.8 Å². The van der Waals surface area contributed by atoms with Crippen molar-refractivity contribution in [3.8, 4) is 11.6 Å². The van der Waals surface area contributed by atoms with E-state index in [1.165, 1.54) is 6.07 Å². The van der Waals surface area contributed by atoms with E-state index in [1.807, 2.05) is 26.8 Å². The maximum Gasteiger partial charge on any atom is 0.223 e. The molecule has 112 valence electrons. The van der Waals surface area contributed by atoms with Crippen molar-refractivity contribution < 1.29 is 13.5 Å². The quantitative estimate of drug-likeness (QED) is 0.923. The van der Waals surface area contributed by atoms with E-state index in [2.05, 4.69) is 10.3 Å². The van der Waals surface area contributed by atoms with Gasteiger partial charge in [0.15, 0.2) is 11.6 Å². The van der Waals surface area contributed by atoms with Crippen molar-refractivity contribution in [3.63, 3.8) is 0 Å². The molecule has 3 nitrogen and oxygen atoms in total. The Hall–Kier alpha value is -2.01. The van der Waals surface area contributed by atoms with Crippen molar-refractivity contribution in [1.82, 2.24) is 10.3 Å². The Labute approximate surface area is 123 Å². The van der Waals surface area contributed by atoms with Crippen molar-refractivity contribution >= 4 is 0 Å². The van der Waals surface area contributed by atoms with Gasteiger partial charge in [0.1, 0.15) is 5.82 Å². The molecule has 0 spiro atoms. The minimum atomic E-state index is -0.754. The summed E-state index contributed by atoms with van der Waals surface area (Å²) in [7, 11) is 0. The highest BCUT2D eigenvalue weighted by Gasteiger charge is 2.13. The van der Waals surface area contributed by atoms with Crippen molar-refractivity contribution in [2.75, 3.05) is 0 Å². The zero-order chi connectivity index (χ0) is 15.5. The molecule has 2 rings (SSSR count). The Balaban J connectivity index is 2.20. The smallest absolute Gasteiger partial charge is 0.223 e. The minimum Gasteiger partial charge on any atom is -0.436 e. The minimum absolute atomic E-state index is 0.0490. The molecular weight excluding hydrogens is 274 g/mol. The second-order valence-corrected chi connectivity index (χ2v) is 5.75. The summed E-state index contributed by atoms with van der Waals surface area (Å²) in [4.78, 5) is 4.12.